The maximum absolute atomic E-state index is 13.9. The van der Waals surface area contributed by atoms with E-state index >= 15 is 0 Å². The van der Waals surface area contributed by atoms with Crippen LogP contribution < -0.4 is 0 Å². The lowest BCUT2D eigenvalue weighted by Gasteiger charge is -2.23. The molecule has 2 unspecified atom stereocenters. The predicted octanol–water partition coefficient (Wildman–Crippen LogP) is 5.29. The Labute approximate surface area is 154 Å². The molecule has 0 saturated carbocycles. The molecule has 1 aliphatic rings. The molecule has 0 saturated heterocycles. The zero-order valence-corrected chi connectivity index (χ0v) is 15.0. The van der Waals surface area contributed by atoms with Gasteiger partial charge in [-0.15, -0.1) is 0 Å². The minimum atomic E-state index is -1.45. The van der Waals surface area contributed by atoms with Crippen LogP contribution in [0.3, 0.4) is 0 Å². The number of hydrogen-bond acceptors (Lipinski definition) is 2. The molecule has 27 heavy (non-hydrogen) atoms. The van der Waals surface area contributed by atoms with E-state index in [0.717, 1.165) is 35.3 Å². The molecule has 0 fully saturated rings. The van der Waals surface area contributed by atoms with Crippen LogP contribution in [-0.4, -0.2) is 14.6 Å². The molecule has 2 heterocycles. The second-order valence-corrected chi connectivity index (χ2v) is 6.96. The van der Waals surface area contributed by atoms with Gasteiger partial charge in [-0.3, -0.25) is 0 Å². The van der Waals surface area contributed by atoms with Gasteiger partial charge in [0.05, 0.1) is 0 Å². The Hall–Kier alpha value is -2.89. The number of nitrogens with zero attached hydrogens (tertiary/aromatic N) is 3. The van der Waals surface area contributed by atoms with Crippen LogP contribution in [-0.2, 0) is 0 Å². The van der Waals surface area contributed by atoms with Gasteiger partial charge in [0.2, 0.25) is 0 Å². The SMILES string of the molecule is CC1CC=CC(c2ccn3ncnc3c2)=C(c2cc(F)c(F)c(F)c2)C1C. The van der Waals surface area contributed by atoms with E-state index in [0.29, 0.717) is 11.2 Å². The summed E-state index contributed by atoms with van der Waals surface area (Å²) in [5.74, 6) is -3.53. The van der Waals surface area contributed by atoms with E-state index in [1.54, 1.807) is 10.7 Å². The second-order valence-electron chi connectivity index (χ2n) is 6.96. The Bertz CT molecular complexity index is 1060. The number of allylic oxidation sites excluding steroid dienone is 4. The molecule has 0 N–H and O–H groups in total. The van der Waals surface area contributed by atoms with E-state index in [-0.39, 0.29) is 11.8 Å². The van der Waals surface area contributed by atoms with Crippen molar-refractivity contribution in [3.63, 3.8) is 0 Å². The normalized spacial score (nSPS) is 20.3. The second kappa shape index (κ2) is 6.68. The zero-order valence-electron chi connectivity index (χ0n) is 15.0. The van der Waals surface area contributed by atoms with E-state index in [1.165, 1.54) is 6.33 Å². The number of hydrogen-bond donors (Lipinski definition) is 0. The minimum Gasteiger partial charge on any atom is -0.221 e. The average Bonchev–Trinajstić information content (AvgIpc) is 3.06. The smallest absolute Gasteiger partial charge is 0.194 e. The highest BCUT2D eigenvalue weighted by Gasteiger charge is 2.25. The lowest BCUT2D eigenvalue weighted by Crippen LogP contribution is -2.11. The summed E-state index contributed by atoms with van der Waals surface area (Å²) in [7, 11) is 0. The topological polar surface area (TPSA) is 30.2 Å². The number of aromatic nitrogens is 3. The van der Waals surface area contributed by atoms with Crippen molar-refractivity contribution >= 4 is 16.8 Å². The molecular weight excluding hydrogens is 351 g/mol. The summed E-state index contributed by atoms with van der Waals surface area (Å²) in [5, 5.41) is 4.09. The van der Waals surface area contributed by atoms with E-state index in [1.807, 2.05) is 25.1 Å². The van der Waals surface area contributed by atoms with Crippen LogP contribution in [0.15, 0.2) is 48.9 Å². The first-order chi connectivity index (χ1) is 13.0. The van der Waals surface area contributed by atoms with E-state index in [9.17, 15) is 13.2 Å². The maximum Gasteiger partial charge on any atom is 0.194 e. The average molecular weight is 369 g/mol. The van der Waals surface area contributed by atoms with Gasteiger partial charge in [-0.25, -0.2) is 22.7 Å². The molecule has 4 rings (SSSR count). The van der Waals surface area contributed by atoms with Crippen molar-refractivity contribution in [2.24, 2.45) is 11.8 Å². The van der Waals surface area contributed by atoms with E-state index < -0.39 is 17.5 Å². The molecule has 6 heteroatoms. The molecule has 0 radical (unpaired) electrons. The summed E-state index contributed by atoms with van der Waals surface area (Å²) in [6.07, 6.45) is 8.13. The Balaban J connectivity index is 1.99. The van der Waals surface area contributed by atoms with Gasteiger partial charge in [0.15, 0.2) is 23.1 Å². The first-order valence-corrected chi connectivity index (χ1v) is 8.81. The molecule has 3 nitrogen and oxygen atoms in total. The van der Waals surface area contributed by atoms with E-state index in [2.05, 4.69) is 23.1 Å². The molecule has 3 aromatic rings. The summed E-state index contributed by atoms with van der Waals surface area (Å²) < 4.78 is 43.0. The molecule has 2 atom stereocenters. The molecule has 0 amide bonds. The summed E-state index contributed by atoms with van der Waals surface area (Å²) in [6, 6.07) is 5.92. The van der Waals surface area contributed by atoms with Gasteiger partial charge < -0.3 is 0 Å². The first-order valence-electron chi connectivity index (χ1n) is 8.81. The number of benzene rings is 1. The van der Waals surface area contributed by atoms with Crippen molar-refractivity contribution in [2.45, 2.75) is 20.3 Å². The summed E-state index contributed by atoms with van der Waals surface area (Å²) in [6.45, 7) is 4.12. The largest absolute Gasteiger partial charge is 0.221 e. The highest BCUT2D eigenvalue weighted by atomic mass is 19.2. The third-order valence-electron chi connectivity index (χ3n) is 5.28. The fraction of sp³-hybridized carbons (Fsp3) is 0.238. The van der Waals surface area contributed by atoms with Crippen LogP contribution in [0.4, 0.5) is 13.2 Å². The van der Waals surface area contributed by atoms with Crippen molar-refractivity contribution in [3.8, 4) is 0 Å². The summed E-state index contributed by atoms with van der Waals surface area (Å²) in [4.78, 5) is 4.20. The van der Waals surface area contributed by atoms with Gasteiger partial charge in [-0.1, -0.05) is 26.0 Å². The van der Waals surface area contributed by atoms with Crippen LogP contribution >= 0.6 is 0 Å². The third-order valence-corrected chi connectivity index (χ3v) is 5.28. The first kappa shape index (κ1) is 17.5. The number of halogens is 3. The fourth-order valence-corrected chi connectivity index (χ4v) is 3.59. The monoisotopic (exact) mass is 369 g/mol. The molecule has 0 spiro atoms. The minimum absolute atomic E-state index is 0.0216. The molecule has 0 bridgehead atoms. The van der Waals surface area contributed by atoms with Crippen molar-refractivity contribution in [1.82, 2.24) is 14.6 Å². The van der Waals surface area contributed by atoms with Crippen molar-refractivity contribution in [2.75, 3.05) is 0 Å². The quantitative estimate of drug-likeness (QED) is 0.575. The molecular formula is C21H18F3N3. The highest BCUT2D eigenvalue weighted by Crippen LogP contribution is 2.40. The molecule has 138 valence electrons. The Morgan fingerprint density at radius 3 is 2.52 bits per heavy atom. The van der Waals surface area contributed by atoms with Crippen LogP contribution in [0.1, 0.15) is 31.4 Å². The van der Waals surface area contributed by atoms with Gasteiger partial charge in [0, 0.05) is 6.20 Å². The van der Waals surface area contributed by atoms with Crippen LogP contribution in [0, 0.1) is 29.3 Å². The number of fused-ring (bicyclic) bond motifs is 1. The summed E-state index contributed by atoms with van der Waals surface area (Å²) >= 11 is 0. The highest BCUT2D eigenvalue weighted by molar-refractivity contribution is 5.97. The van der Waals surface area contributed by atoms with Crippen LogP contribution in [0.25, 0.3) is 16.8 Å². The molecule has 0 aliphatic heterocycles. The van der Waals surface area contributed by atoms with Crippen molar-refractivity contribution < 1.29 is 13.2 Å². The molecule has 1 aliphatic carbocycles. The summed E-state index contributed by atoms with van der Waals surface area (Å²) in [5.41, 5.74) is 3.54. The predicted molar refractivity (Wildman–Crippen MR) is 98.2 cm³/mol. The molecule has 2 aromatic heterocycles. The van der Waals surface area contributed by atoms with E-state index in [4.69, 9.17) is 0 Å². The zero-order chi connectivity index (χ0) is 19.1. The van der Waals surface area contributed by atoms with Crippen molar-refractivity contribution in [1.29, 1.82) is 0 Å². The Kier molecular flexibility index (Phi) is 4.34. The lowest BCUT2D eigenvalue weighted by molar-refractivity contribution is 0.445. The van der Waals surface area contributed by atoms with Gasteiger partial charge in [0.25, 0.3) is 0 Å². The fourth-order valence-electron chi connectivity index (χ4n) is 3.59. The van der Waals surface area contributed by atoms with Gasteiger partial charge >= 0.3 is 0 Å². The number of rotatable bonds is 2. The standard InChI is InChI=1S/C21H18F3N3/c1-12-4-3-5-16(14-6-7-27-19(10-14)25-11-26-27)20(13(12)2)15-8-17(22)21(24)18(23)9-15/h3,5-13H,4H2,1-2H3. The molecule has 1 aromatic carbocycles. The lowest BCUT2D eigenvalue weighted by atomic mass is 9.81. The van der Waals surface area contributed by atoms with Gasteiger partial charge in [0.1, 0.15) is 6.33 Å². The number of pyridine rings is 1. The van der Waals surface area contributed by atoms with Crippen LogP contribution in [0.5, 0.6) is 0 Å². The Morgan fingerprint density at radius 1 is 1.04 bits per heavy atom. The third kappa shape index (κ3) is 3.05. The van der Waals surface area contributed by atoms with Gasteiger partial charge in [-0.05, 0) is 64.8 Å². The van der Waals surface area contributed by atoms with Crippen molar-refractivity contribution in [3.05, 3.63) is 77.5 Å². The maximum atomic E-state index is 13.9. The Morgan fingerprint density at radius 2 is 1.78 bits per heavy atom. The van der Waals surface area contributed by atoms with Gasteiger partial charge in [-0.2, -0.15) is 5.10 Å². The van der Waals surface area contributed by atoms with Crippen LogP contribution in [0.2, 0.25) is 0 Å².